The van der Waals surface area contributed by atoms with E-state index in [1.165, 1.54) is 12.1 Å². The summed E-state index contributed by atoms with van der Waals surface area (Å²) in [6.07, 6.45) is 0. The average Bonchev–Trinajstić information content (AvgIpc) is 3.18. The van der Waals surface area contributed by atoms with Crippen molar-refractivity contribution in [2.45, 2.75) is 25.8 Å². The Bertz CT molecular complexity index is 813. The van der Waals surface area contributed by atoms with E-state index in [4.69, 9.17) is 4.74 Å². The topological polar surface area (TPSA) is 32.8 Å². The molecule has 1 saturated heterocycles. The molecule has 0 saturated carbocycles. The summed E-state index contributed by atoms with van der Waals surface area (Å²) in [5.41, 5.74) is 2.11. The predicted molar refractivity (Wildman–Crippen MR) is 116 cm³/mol. The fourth-order valence-corrected chi connectivity index (χ4v) is 4.92. The van der Waals surface area contributed by atoms with Gasteiger partial charge in [-0.25, -0.2) is 4.39 Å². The quantitative estimate of drug-likeness (QED) is 0.631. The largest absolute Gasteiger partial charge is 0.497 e. The highest BCUT2D eigenvalue weighted by molar-refractivity contribution is 7.99. The van der Waals surface area contributed by atoms with Gasteiger partial charge in [0.15, 0.2) is 0 Å². The minimum Gasteiger partial charge on any atom is -0.497 e. The van der Waals surface area contributed by atoms with E-state index in [0.29, 0.717) is 19.0 Å². The Hall–Kier alpha value is -2.05. The second-order valence-electron chi connectivity index (χ2n) is 7.78. The second-order valence-corrected chi connectivity index (χ2v) is 8.96. The molecule has 0 bridgehead atoms. The molecule has 1 heterocycles. The van der Waals surface area contributed by atoms with E-state index >= 15 is 0 Å². The second kappa shape index (κ2) is 10.1. The molecule has 0 radical (unpaired) electrons. The number of carbonyl (C=O) groups excluding carboxylic acids is 1. The first-order valence-corrected chi connectivity index (χ1v) is 11.0. The Balaban J connectivity index is 1.70. The van der Waals surface area contributed by atoms with Gasteiger partial charge in [-0.15, -0.1) is 11.8 Å². The highest BCUT2D eigenvalue weighted by Crippen LogP contribution is 2.38. The lowest BCUT2D eigenvalue weighted by molar-refractivity contribution is -0.132. The number of carbonyl (C=O) groups is 1. The van der Waals surface area contributed by atoms with Gasteiger partial charge in [0.1, 0.15) is 16.9 Å². The van der Waals surface area contributed by atoms with E-state index in [0.717, 1.165) is 35.7 Å². The van der Waals surface area contributed by atoms with Crippen molar-refractivity contribution >= 4 is 17.7 Å². The lowest BCUT2D eigenvalue weighted by Gasteiger charge is -2.29. The van der Waals surface area contributed by atoms with Gasteiger partial charge in [0.25, 0.3) is 0 Å². The van der Waals surface area contributed by atoms with Gasteiger partial charge >= 0.3 is 0 Å². The van der Waals surface area contributed by atoms with Crippen LogP contribution in [0.4, 0.5) is 4.39 Å². The Labute approximate surface area is 177 Å². The third-order valence-corrected chi connectivity index (χ3v) is 6.15. The van der Waals surface area contributed by atoms with E-state index in [1.807, 2.05) is 23.1 Å². The van der Waals surface area contributed by atoms with Crippen molar-refractivity contribution in [1.82, 2.24) is 9.80 Å². The SMILES string of the molecule is COc1cccc(CN(CC(=O)N2CCS[C@@H]2c2ccc(F)cc2)CC(C)C)c1. The maximum atomic E-state index is 13.3. The molecule has 29 heavy (non-hydrogen) atoms. The van der Waals surface area contributed by atoms with Crippen LogP contribution in [-0.4, -0.2) is 48.2 Å². The Morgan fingerprint density at radius 1 is 1.28 bits per heavy atom. The molecule has 2 aromatic carbocycles. The normalized spacial score (nSPS) is 16.6. The summed E-state index contributed by atoms with van der Waals surface area (Å²) in [5, 5.41) is -0.0409. The first kappa shape index (κ1) is 21.7. The standard InChI is InChI=1S/C23H29FN2O2S/c1-17(2)14-25(15-18-5-4-6-21(13-18)28-3)16-22(27)26-11-12-29-23(26)19-7-9-20(24)10-8-19/h4-10,13,17,23H,11-12,14-16H2,1-3H3/t23-/m1/s1. The number of thioether (sulfide) groups is 1. The Kier molecular flexibility index (Phi) is 7.56. The van der Waals surface area contributed by atoms with Gasteiger partial charge in [0.05, 0.1) is 13.7 Å². The predicted octanol–water partition coefficient (Wildman–Crippen LogP) is 4.57. The fourth-order valence-electron chi connectivity index (χ4n) is 3.64. The summed E-state index contributed by atoms with van der Waals surface area (Å²) in [6, 6.07) is 14.5. The van der Waals surface area contributed by atoms with Crippen LogP contribution in [0.1, 0.15) is 30.3 Å². The number of ether oxygens (including phenoxy) is 1. The number of amides is 1. The molecule has 0 unspecified atom stereocenters. The Morgan fingerprint density at radius 2 is 2.03 bits per heavy atom. The summed E-state index contributed by atoms with van der Waals surface area (Å²) < 4.78 is 18.6. The minimum atomic E-state index is -0.254. The molecule has 2 aromatic rings. The van der Waals surface area contributed by atoms with Gasteiger partial charge < -0.3 is 9.64 Å². The monoisotopic (exact) mass is 416 g/mol. The minimum absolute atomic E-state index is 0.0409. The summed E-state index contributed by atoms with van der Waals surface area (Å²) in [5.74, 6) is 2.04. The van der Waals surface area contributed by atoms with Gasteiger partial charge in [-0.2, -0.15) is 0 Å². The first-order valence-electron chi connectivity index (χ1n) is 9.98. The lowest BCUT2D eigenvalue weighted by atomic mass is 10.1. The number of methoxy groups -OCH3 is 1. The van der Waals surface area contributed by atoms with Gasteiger partial charge in [0, 0.05) is 25.4 Å². The summed E-state index contributed by atoms with van der Waals surface area (Å²) in [7, 11) is 1.66. The van der Waals surface area contributed by atoms with Crippen LogP contribution in [0.15, 0.2) is 48.5 Å². The van der Waals surface area contributed by atoms with Gasteiger partial charge in [-0.3, -0.25) is 9.69 Å². The Morgan fingerprint density at radius 3 is 2.72 bits per heavy atom. The molecule has 4 nitrogen and oxygen atoms in total. The number of hydrogen-bond donors (Lipinski definition) is 0. The number of nitrogens with zero attached hydrogens (tertiary/aromatic N) is 2. The van der Waals surface area contributed by atoms with Gasteiger partial charge in [-0.1, -0.05) is 38.1 Å². The van der Waals surface area contributed by atoms with Crippen molar-refractivity contribution < 1.29 is 13.9 Å². The van der Waals surface area contributed by atoms with Crippen LogP contribution in [0.5, 0.6) is 5.75 Å². The molecular weight excluding hydrogens is 387 g/mol. The molecule has 1 aliphatic rings. The van der Waals surface area contributed by atoms with Crippen LogP contribution >= 0.6 is 11.8 Å². The van der Waals surface area contributed by atoms with Crippen molar-refractivity contribution in [1.29, 1.82) is 0 Å². The maximum absolute atomic E-state index is 13.3. The summed E-state index contributed by atoms with van der Waals surface area (Å²) >= 11 is 1.74. The zero-order valence-electron chi connectivity index (χ0n) is 17.3. The molecule has 156 valence electrons. The van der Waals surface area contributed by atoms with E-state index in [1.54, 1.807) is 31.0 Å². The highest BCUT2D eigenvalue weighted by Gasteiger charge is 2.31. The molecule has 0 N–H and O–H groups in total. The molecular formula is C23H29FN2O2S. The zero-order valence-corrected chi connectivity index (χ0v) is 18.1. The van der Waals surface area contributed by atoms with Crippen molar-refractivity contribution in [2.75, 3.05) is 32.5 Å². The highest BCUT2D eigenvalue weighted by atomic mass is 32.2. The van der Waals surface area contributed by atoms with Crippen LogP contribution in [0.3, 0.4) is 0 Å². The molecule has 1 aliphatic heterocycles. The number of rotatable bonds is 8. The fraction of sp³-hybridized carbons (Fsp3) is 0.435. The van der Waals surface area contributed by atoms with Crippen molar-refractivity contribution in [3.05, 3.63) is 65.5 Å². The van der Waals surface area contributed by atoms with Crippen molar-refractivity contribution in [3.8, 4) is 5.75 Å². The van der Waals surface area contributed by atoms with Crippen molar-refractivity contribution in [3.63, 3.8) is 0 Å². The van der Waals surface area contributed by atoms with Crippen LogP contribution in [-0.2, 0) is 11.3 Å². The first-order chi connectivity index (χ1) is 14.0. The third-order valence-electron chi connectivity index (χ3n) is 4.89. The van der Waals surface area contributed by atoms with Gasteiger partial charge in [0.2, 0.25) is 5.91 Å². The van der Waals surface area contributed by atoms with Crippen LogP contribution in [0.25, 0.3) is 0 Å². The molecule has 0 aliphatic carbocycles. The number of hydrogen-bond acceptors (Lipinski definition) is 4. The molecule has 0 spiro atoms. The number of halogens is 1. The smallest absolute Gasteiger partial charge is 0.237 e. The molecule has 1 atom stereocenters. The third kappa shape index (κ3) is 5.97. The van der Waals surface area contributed by atoms with E-state index < -0.39 is 0 Å². The molecule has 3 rings (SSSR count). The van der Waals surface area contributed by atoms with E-state index in [9.17, 15) is 9.18 Å². The van der Waals surface area contributed by atoms with Crippen LogP contribution in [0, 0.1) is 11.7 Å². The van der Waals surface area contributed by atoms with E-state index in [-0.39, 0.29) is 17.1 Å². The van der Waals surface area contributed by atoms with Gasteiger partial charge in [-0.05, 0) is 41.3 Å². The molecule has 1 amide bonds. The zero-order chi connectivity index (χ0) is 20.8. The molecule has 1 fully saturated rings. The summed E-state index contributed by atoms with van der Waals surface area (Å²) in [6.45, 7) is 6.95. The van der Waals surface area contributed by atoms with Crippen molar-refractivity contribution in [2.24, 2.45) is 5.92 Å². The summed E-state index contributed by atoms with van der Waals surface area (Å²) in [4.78, 5) is 17.3. The van der Waals surface area contributed by atoms with E-state index in [2.05, 4.69) is 24.8 Å². The number of benzene rings is 2. The lowest BCUT2D eigenvalue weighted by Crippen LogP contribution is -2.41. The van der Waals surface area contributed by atoms with Crippen LogP contribution in [0.2, 0.25) is 0 Å². The molecule has 0 aromatic heterocycles. The average molecular weight is 417 g/mol. The van der Waals surface area contributed by atoms with Crippen LogP contribution < -0.4 is 4.74 Å². The maximum Gasteiger partial charge on any atom is 0.237 e. The molecule has 6 heteroatoms.